The molecule has 37 heavy (non-hydrogen) atoms. The normalized spacial score (nSPS) is 17.4. The molecule has 0 saturated heterocycles. The summed E-state index contributed by atoms with van der Waals surface area (Å²) in [6, 6.07) is 13.3. The average molecular weight is 555 g/mol. The van der Waals surface area contributed by atoms with Crippen molar-refractivity contribution < 1.29 is 32.0 Å². The van der Waals surface area contributed by atoms with Crippen LogP contribution in [0.25, 0.3) is 10.8 Å². The van der Waals surface area contributed by atoms with E-state index in [0.717, 1.165) is 0 Å². The number of ketones is 1. The molecule has 0 bridgehead atoms. The Balaban J connectivity index is 1.55. The Morgan fingerprint density at radius 1 is 1.05 bits per heavy atom. The molecule has 0 aliphatic carbocycles. The molecule has 3 aromatic rings. The quantitative estimate of drug-likeness (QED) is 0.195. The Hall–Kier alpha value is -3.17. The lowest BCUT2D eigenvalue weighted by Crippen LogP contribution is -2.33. The van der Waals surface area contributed by atoms with Crippen LogP contribution in [0.3, 0.4) is 0 Å². The van der Waals surface area contributed by atoms with E-state index in [1.165, 1.54) is 12.1 Å². The summed E-state index contributed by atoms with van der Waals surface area (Å²) in [6.07, 6.45) is -4.83. The number of hydrogen-bond donors (Lipinski definition) is 1. The second-order valence-corrected chi connectivity index (χ2v) is 9.63. The molecule has 11 heteroatoms. The number of oxime groups is 1. The van der Waals surface area contributed by atoms with Crippen LogP contribution in [0, 0.1) is 5.82 Å². The number of nitrogens with one attached hydrogen (secondary N) is 1. The number of carbonyl (C=O) groups is 2. The summed E-state index contributed by atoms with van der Waals surface area (Å²) < 4.78 is 50.8. The monoisotopic (exact) mass is 554 g/mol. The van der Waals surface area contributed by atoms with E-state index in [1.54, 1.807) is 48.6 Å². The van der Waals surface area contributed by atoms with Gasteiger partial charge in [0, 0.05) is 36.0 Å². The topological polar surface area (TPSA) is 67.8 Å². The van der Waals surface area contributed by atoms with Gasteiger partial charge in [0.1, 0.15) is 6.54 Å². The van der Waals surface area contributed by atoms with Crippen LogP contribution in [0.4, 0.5) is 17.6 Å². The average Bonchev–Trinajstić information content (AvgIpc) is 3.26. The molecule has 1 aliphatic rings. The van der Waals surface area contributed by atoms with Gasteiger partial charge in [-0.25, -0.2) is 4.39 Å². The Bertz CT molecular complexity index is 1400. The SMILES string of the molecule is CC1(c2cc(Cl)c(F)c(Cl)c2)CC(c2ccc(C(=O)CCC(=O)NCC(F)(F)F)c3ccccc23)=NO1. The van der Waals surface area contributed by atoms with Gasteiger partial charge in [-0.1, -0.05) is 64.8 Å². The largest absolute Gasteiger partial charge is 0.405 e. The van der Waals surface area contributed by atoms with E-state index in [-0.39, 0.29) is 28.7 Å². The van der Waals surface area contributed by atoms with E-state index in [0.29, 0.717) is 39.6 Å². The third kappa shape index (κ3) is 5.88. The standard InChI is InChI=1S/C26H20Cl2F4N2O3/c1-25(14-10-19(27)24(29)20(28)11-14)12-21(34-37-25)17-6-7-18(16-5-3-2-4-15(16)17)22(35)8-9-23(36)33-13-26(30,31)32/h2-7,10-11H,8-9,12-13H2,1H3,(H,33,36). The molecule has 1 aliphatic heterocycles. The van der Waals surface area contributed by atoms with Crippen LogP contribution in [-0.2, 0) is 15.2 Å². The van der Waals surface area contributed by atoms with Crippen LogP contribution < -0.4 is 5.32 Å². The highest BCUT2D eigenvalue weighted by Crippen LogP contribution is 2.40. The van der Waals surface area contributed by atoms with Crippen LogP contribution in [0.1, 0.15) is 47.7 Å². The van der Waals surface area contributed by atoms with Gasteiger partial charge in [-0.15, -0.1) is 0 Å². The number of alkyl halides is 3. The van der Waals surface area contributed by atoms with Gasteiger partial charge in [-0.05, 0) is 29.8 Å². The summed E-state index contributed by atoms with van der Waals surface area (Å²) in [4.78, 5) is 30.3. The fourth-order valence-corrected chi connectivity index (χ4v) is 4.63. The fraction of sp³-hybridized carbons (Fsp3) is 0.269. The molecule has 194 valence electrons. The molecule has 0 radical (unpaired) electrons. The Labute approximate surface area is 219 Å². The van der Waals surface area contributed by atoms with Crippen molar-refractivity contribution in [1.82, 2.24) is 5.32 Å². The van der Waals surface area contributed by atoms with Crippen LogP contribution in [0.5, 0.6) is 0 Å². The smallest absolute Gasteiger partial charge is 0.384 e. The molecule has 0 spiro atoms. The first-order chi connectivity index (χ1) is 17.4. The summed E-state index contributed by atoms with van der Waals surface area (Å²) >= 11 is 11.9. The maximum Gasteiger partial charge on any atom is 0.405 e. The van der Waals surface area contributed by atoms with Crippen molar-refractivity contribution in [3.05, 3.63) is 81.1 Å². The summed E-state index contributed by atoms with van der Waals surface area (Å²) in [6.45, 7) is 0.324. The molecule has 3 aromatic carbocycles. The Morgan fingerprint density at radius 3 is 2.35 bits per heavy atom. The van der Waals surface area contributed by atoms with E-state index < -0.39 is 30.0 Å². The third-order valence-corrected chi connectivity index (χ3v) is 6.61. The number of benzene rings is 3. The van der Waals surface area contributed by atoms with Crippen molar-refractivity contribution in [3.63, 3.8) is 0 Å². The molecular weight excluding hydrogens is 535 g/mol. The number of rotatable bonds is 7. The Morgan fingerprint density at radius 2 is 1.70 bits per heavy atom. The number of amides is 1. The lowest BCUT2D eigenvalue weighted by Gasteiger charge is -2.22. The molecule has 1 N–H and O–H groups in total. The van der Waals surface area contributed by atoms with Gasteiger partial charge >= 0.3 is 6.18 Å². The number of hydrogen-bond acceptors (Lipinski definition) is 4. The molecule has 4 rings (SSSR count). The molecule has 0 fully saturated rings. The molecule has 5 nitrogen and oxygen atoms in total. The number of carbonyl (C=O) groups excluding carboxylic acids is 2. The van der Waals surface area contributed by atoms with E-state index >= 15 is 0 Å². The second-order valence-electron chi connectivity index (χ2n) is 8.81. The van der Waals surface area contributed by atoms with E-state index in [1.807, 2.05) is 0 Å². The predicted octanol–water partition coefficient (Wildman–Crippen LogP) is 6.97. The summed E-state index contributed by atoms with van der Waals surface area (Å²) in [7, 11) is 0. The van der Waals surface area contributed by atoms with Gasteiger partial charge in [0.2, 0.25) is 5.91 Å². The van der Waals surface area contributed by atoms with Crippen molar-refractivity contribution >= 4 is 51.4 Å². The van der Waals surface area contributed by atoms with Crippen molar-refractivity contribution in [3.8, 4) is 0 Å². The molecule has 0 saturated carbocycles. The highest BCUT2D eigenvalue weighted by molar-refractivity contribution is 6.35. The van der Waals surface area contributed by atoms with Crippen molar-refractivity contribution in [2.24, 2.45) is 5.16 Å². The van der Waals surface area contributed by atoms with Crippen LogP contribution >= 0.6 is 23.2 Å². The minimum absolute atomic E-state index is 0.138. The van der Waals surface area contributed by atoms with E-state index in [4.69, 9.17) is 28.0 Å². The maximum absolute atomic E-state index is 13.9. The van der Waals surface area contributed by atoms with Gasteiger partial charge in [-0.2, -0.15) is 13.2 Å². The molecular formula is C26H20Cl2F4N2O3. The zero-order valence-corrected chi connectivity index (χ0v) is 20.9. The number of Topliss-reactive ketones (excluding diaryl/α,β-unsaturated/α-hetero) is 1. The van der Waals surface area contributed by atoms with E-state index in [9.17, 15) is 27.2 Å². The van der Waals surface area contributed by atoms with Crippen LogP contribution in [0.15, 0.2) is 53.7 Å². The van der Waals surface area contributed by atoms with Gasteiger partial charge in [0.05, 0.1) is 15.8 Å². The number of halogens is 6. The minimum Gasteiger partial charge on any atom is -0.384 e. The van der Waals surface area contributed by atoms with E-state index in [2.05, 4.69) is 5.16 Å². The fourth-order valence-electron chi connectivity index (χ4n) is 4.14. The highest BCUT2D eigenvalue weighted by atomic mass is 35.5. The maximum atomic E-state index is 13.9. The van der Waals surface area contributed by atoms with Gasteiger partial charge < -0.3 is 10.2 Å². The third-order valence-electron chi connectivity index (χ3n) is 6.06. The summed E-state index contributed by atoms with van der Waals surface area (Å²) in [5.74, 6) is -1.96. The summed E-state index contributed by atoms with van der Waals surface area (Å²) in [5.41, 5.74) is 1.21. The van der Waals surface area contributed by atoms with Crippen molar-refractivity contribution in [2.75, 3.05) is 6.54 Å². The number of fused-ring (bicyclic) bond motifs is 1. The Kier molecular flexibility index (Phi) is 7.48. The molecule has 1 unspecified atom stereocenters. The first kappa shape index (κ1) is 26.9. The number of nitrogens with zero attached hydrogens (tertiary/aromatic N) is 1. The zero-order valence-electron chi connectivity index (χ0n) is 19.4. The van der Waals surface area contributed by atoms with Gasteiger partial charge in [-0.3, -0.25) is 9.59 Å². The van der Waals surface area contributed by atoms with Gasteiger partial charge in [0.25, 0.3) is 0 Å². The predicted molar refractivity (Wildman–Crippen MR) is 133 cm³/mol. The molecule has 1 heterocycles. The molecule has 1 amide bonds. The minimum atomic E-state index is -4.52. The van der Waals surface area contributed by atoms with Crippen LogP contribution in [-0.4, -0.2) is 30.1 Å². The van der Waals surface area contributed by atoms with Crippen molar-refractivity contribution in [1.29, 1.82) is 0 Å². The molecule has 0 aromatic heterocycles. The molecule has 1 atom stereocenters. The highest BCUT2D eigenvalue weighted by Gasteiger charge is 2.38. The lowest BCUT2D eigenvalue weighted by atomic mass is 9.86. The zero-order chi connectivity index (χ0) is 27.0. The first-order valence-corrected chi connectivity index (χ1v) is 11.9. The first-order valence-electron chi connectivity index (χ1n) is 11.2. The van der Waals surface area contributed by atoms with Crippen molar-refractivity contribution in [2.45, 2.75) is 38.0 Å². The summed E-state index contributed by atoms with van der Waals surface area (Å²) in [5, 5.41) is 7.04. The lowest BCUT2D eigenvalue weighted by molar-refractivity contribution is -0.138. The van der Waals surface area contributed by atoms with Crippen LogP contribution in [0.2, 0.25) is 10.0 Å². The second kappa shape index (κ2) is 10.3. The van der Waals surface area contributed by atoms with Gasteiger partial charge in [0.15, 0.2) is 17.2 Å².